The molecule has 0 spiro atoms. The lowest BCUT2D eigenvalue weighted by Crippen LogP contribution is -2.43. The van der Waals surface area contributed by atoms with Crippen LogP contribution in [-0.4, -0.2) is 56.8 Å². The Morgan fingerprint density at radius 2 is 2.00 bits per heavy atom. The van der Waals surface area contributed by atoms with Crippen LogP contribution in [0.1, 0.15) is 29.9 Å². The molecule has 2 N–H and O–H groups in total. The number of hydrogen-bond donors (Lipinski definition) is 2. The SMILES string of the molecule is CN=C(NCc1c(C)noc1C)NCC1CCN(S(C)(=O)=O)CC1. The van der Waals surface area contributed by atoms with Gasteiger partial charge in [-0.2, -0.15) is 0 Å². The fourth-order valence-electron chi connectivity index (χ4n) is 2.83. The quantitative estimate of drug-likeness (QED) is 0.592. The summed E-state index contributed by atoms with van der Waals surface area (Å²) >= 11 is 0. The maximum atomic E-state index is 11.5. The normalized spacial score (nSPS) is 17.9. The van der Waals surface area contributed by atoms with E-state index in [1.54, 1.807) is 11.4 Å². The Balaban J connectivity index is 1.77. The Kier molecular flexibility index (Phi) is 6.22. The fourth-order valence-corrected chi connectivity index (χ4v) is 3.71. The van der Waals surface area contributed by atoms with Gasteiger partial charge in [-0.3, -0.25) is 4.99 Å². The predicted molar refractivity (Wildman–Crippen MR) is 93.3 cm³/mol. The van der Waals surface area contributed by atoms with Crippen molar-refractivity contribution < 1.29 is 12.9 Å². The first kappa shape index (κ1) is 18.7. The summed E-state index contributed by atoms with van der Waals surface area (Å²) in [5, 5.41) is 10.5. The molecule has 24 heavy (non-hydrogen) atoms. The molecule has 2 heterocycles. The molecule has 1 aromatic rings. The minimum absolute atomic E-state index is 0.445. The predicted octanol–water partition coefficient (Wildman–Crippen LogP) is 0.628. The van der Waals surface area contributed by atoms with Gasteiger partial charge in [-0.25, -0.2) is 12.7 Å². The van der Waals surface area contributed by atoms with E-state index in [2.05, 4.69) is 20.8 Å². The Hall–Kier alpha value is -1.61. The standard InChI is InChI=1S/C15H27N5O3S/c1-11-14(12(2)23-19-11)10-18-15(16-3)17-9-13-5-7-20(8-6-13)24(4,21)22/h13H,5-10H2,1-4H3,(H2,16,17,18). The van der Waals surface area contributed by atoms with Gasteiger partial charge in [-0.1, -0.05) is 5.16 Å². The molecule has 0 amide bonds. The van der Waals surface area contributed by atoms with Crippen LogP contribution in [-0.2, 0) is 16.6 Å². The summed E-state index contributed by atoms with van der Waals surface area (Å²) in [4.78, 5) is 4.22. The highest BCUT2D eigenvalue weighted by Crippen LogP contribution is 2.18. The molecule has 1 aliphatic heterocycles. The molecule has 0 aromatic carbocycles. The molecule has 1 fully saturated rings. The van der Waals surface area contributed by atoms with E-state index in [0.717, 1.165) is 42.4 Å². The van der Waals surface area contributed by atoms with E-state index in [1.165, 1.54) is 6.26 Å². The van der Waals surface area contributed by atoms with Crippen molar-refractivity contribution in [2.75, 3.05) is 32.9 Å². The van der Waals surface area contributed by atoms with E-state index < -0.39 is 10.0 Å². The molecule has 0 aliphatic carbocycles. The number of aliphatic imine (C=N–C) groups is 1. The Labute approximate surface area is 143 Å². The second kappa shape index (κ2) is 7.98. The number of nitrogens with zero attached hydrogens (tertiary/aromatic N) is 3. The molecule has 8 nitrogen and oxygen atoms in total. The molecule has 0 unspecified atom stereocenters. The lowest BCUT2D eigenvalue weighted by Gasteiger charge is -2.30. The first-order chi connectivity index (χ1) is 11.3. The van der Waals surface area contributed by atoms with Crippen LogP contribution in [0, 0.1) is 19.8 Å². The van der Waals surface area contributed by atoms with Gasteiger partial charge in [0.1, 0.15) is 5.76 Å². The van der Waals surface area contributed by atoms with Crippen LogP contribution in [0.4, 0.5) is 0 Å². The van der Waals surface area contributed by atoms with Gasteiger partial charge >= 0.3 is 0 Å². The Bertz CT molecular complexity index is 656. The zero-order chi connectivity index (χ0) is 17.7. The molecular weight excluding hydrogens is 330 g/mol. The van der Waals surface area contributed by atoms with Crippen molar-refractivity contribution in [3.05, 3.63) is 17.0 Å². The first-order valence-corrected chi connectivity index (χ1v) is 9.97. The van der Waals surface area contributed by atoms with Crippen molar-refractivity contribution in [2.45, 2.75) is 33.2 Å². The third-order valence-electron chi connectivity index (χ3n) is 4.44. The molecule has 136 valence electrons. The third kappa shape index (κ3) is 4.94. The summed E-state index contributed by atoms with van der Waals surface area (Å²) in [5.41, 5.74) is 1.92. The van der Waals surface area contributed by atoms with Crippen LogP contribution in [0.3, 0.4) is 0 Å². The van der Waals surface area contributed by atoms with Crippen molar-refractivity contribution in [3.8, 4) is 0 Å². The maximum absolute atomic E-state index is 11.5. The first-order valence-electron chi connectivity index (χ1n) is 8.12. The lowest BCUT2D eigenvalue weighted by molar-refractivity contribution is 0.275. The number of rotatable bonds is 5. The summed E-state index contributed by atoms with van der Waals surface area (Å²) < 4.78 is 29.8. The van der Waals surface area contributed by atoms with Gasteiger partial charge in [0.25, 0.3) is 0 Å². The monoisotopic (exact) mass is 357 g/mol. The maximum Gasteiger partial charge on any atom is 0.211 e. The second-order valence-electron chi connectivity index (χ2n) is 6.21. The minimum Gasteiger partial charge on any atom is -0.361 e. The highest BCUT2D eigenvalue weighted by molar-refractivity contribution is 7.88. The average Bonchev–Trinajstić information content (AvgIpc) is 2.86. The van der Waals surface area contributed by atoms with Crippen molar-refractivity contribution >= 4 is 16.0 Å². The van der Waals surface area contributed by atoms with Crippen LogP contribution in [0.2, 0.25) is 0 Å². The summed E-state index contributed by atoms with van der Waals surface area (Å²) in [6.07, 6.45) is 2.99. The van der Waals surface area contributed by atoms with E-state index in [-0.39, 0.29) is 0 Å². The number of aromatic nitrogens is 1. The van der Waals surface area contributed by atoms with Crippen LogP contribution in [0.5, 0.6) is 0 Å². The summed E-state index contributed by atoms with van der Waals surface area (Å²) in [7, 11) is -1.33. The molecule has 9 heteroatoms. The fraction of sp³-hybridized carbons (Fsp3) is 0.733. The molecular formula is C15H27N5O3S. The van der Waals surface area contributed by atoms with Crippen molar-refractivity contribution in [1.82, 2.24) is 20.1 Å². The largest absolute Gasteiger partial charge is 0.361 e. The van der Waals surface area contributed by atoms with Gasteiger partial charge < -0.3 is 15.2 Å². The van der Waals surface area contributed by atoms with E-state index in [4.69, 9.17) is 4.52 Å². The van der Waals surface area contributed by atoms with E-state index in [1.807, 2.05) is 13.8 Å². The van der Waals surface area contributed by atoms with Gasteiger partial charge in [0.2, 0.25) is 10.0 Å². The minimum atomic E-state index is -3.07. The number of piperidine rings is 1. The smallest absolute Gasteiger partial charge is 0.211 e. The van der Waals surface area contributed by atoms with Crippen LogP contribution < -0.4 is 10.6 Å². The lowest BCUT2D eigenvalue weighted by atomic mass is 9.98. The number of hydrogen-bond acceptors (Lipinski definition) is 5. The highest BCUT2D eigenvalue weighted by atomic mass is 32.2. The van der Waals surface area contributed by atoms with Gasteiger partial charge in [-0.15, -0.1) is 0 Å². The Morgan fingerprint density at radius 1 is 1.33 bits per heavy atom. The third-order valence-corrected chi connectivity index (χ3v) is 5.74. The zero-order valence-corrected chi connectivity index (χ0v) is 15.6. The molecule has 1 aromatic heterocycles. The van der Waals surface area contributed by atoms with Gasteiger partial charge in [0.05, 0.1) is 11.9 Å². The summed E-state index contributed by atoms with van der Waals surface area (Å²) in [5.74, 6) is 1.98. The van der Waals surface area contributed by atoms with Crippen molar-refractivity contribution in [2.24, 2.45) is 10.9 Å². The van der Waals surface area contributed by atoms with E-state index in [0.29, 0.717) is 25.6 Å². The number of aryl methyl sites for hydroxylation is 2. The summed E-state index contributed by atoms with van der Waals surface area (Å²) in [6.45, 7) is 6.38. The molecule has 0 atom stereocenters. The van der Waals surface area contributed by atoms with Crippen molar-refractivity contribution in [3.63, 3.8) is 0 Å². The topological polar surface area (TPSA) is 99.8 Å². The van der Waals surface area contributed by atoms with Crippen LogP contribution in [0.25, 0.3) is 0 Å². The van der Waals surface area contributed by atoms with E-state index in [9.17, 15) is 8.42 Å². The molecule has 1 saturated heterocycles. The number of guanidine groups is 1. The van der Waals surface area contributed by atoms with Crippen LogP contribution in [0.15, 0.2) is 9.52 Å². The molecule has 2 rings (SSSR count). The van der Waals surface area contributed by atoms with E-state index >= 15 is 0 Å². The zero-order valence-electron chi connectivity index (χ0n) is 14.8. The molecule has 0 saturated carbocycles. The van der Waals surface area contributed by atoms with Crippen LogP contribution >= 0.6 is 0 Å². The van der Waals surface area contributed by atoms with Gasteiger partial charge in [0, 0.05) is 38.8 Å². The summed E-state index contributed by atoms with van der Waals surface area (Å²) in [6, 6.07) is 0. The van der Waals surface area contributed by atoms with Gasteiger partial charge in [0.15, 0.2) is 5.96 Å². The van der Waals surface area contributed by atoms with Gasteiger partial charge in [-0.05, 0) is 32.6 Å². The number of nitrogens with one attached hydrogen (secondary N) is 2. The molecule has 0 radical (unpaired) electrons. The number of sulfonamides is 1. The second-order valence-corrected chi connectivity index (χ2v) is 8.20. The average molecular weight is 357 g/mol. The molecule has 0 bridgehead atoms. The highest BCUT2D eigenvalue weighted by Gasteiger charge is 2.24. The molecule has 1 aliphatic rings. The van der Waals surface area contributed by atoms with Crippen molar-refractivity contribution in [1.29, 1.82) is 0 Å². The Morgan fingerprint density at radius 3 is 2.50 bits per heavy atom.